The second-order valence-corrected chi connectivity index (χ2v) is 3.79. The molecule has 0 saturated carbocycles. The second-order valence-electron chi connectivity index (χ2n) is 3.79. The van der Waals surface area contributed by atoms with Crippen LogP contribution in [-0.4, -0.2) is 46.8 Å². The van der Waals surface area contributed by atoms with Crippen LogP contribution in [0.4, 0.5) is 0 Å². The molecule has 0 amide bonds. The van der Waals surface area contributed by atoms with Crippen molar-refractivity contribution >= 4 is 0 Å². The molecular weight excluding hydrogens is 172 g/mol. The van der Waals surface area contributed by atoms with Gasteiger partial charge in [0.1, 0.15) is 0 Å². The minimum absolute atomic E-state index is 0.0807. The van der Waals surface area contributed by atoms with Crippen LogP contribution in [0.3, 0.4) is 0 Å². The standard InChI is InChI=1S/C9H18O4/c1-5-7(3-10)13-8(4-11)6(2)9(5)12/h5-12H,3-4H2,1-2H3/t5-,6?,7?,8+,9?/m1/s1. The fourth-order valence-corrected chi connectivity index (χ4v) is 1.81. The third-order valence-corrected chi connectivity index (χ3v) is 2.96. The lowest BCUT2D eigenvalue weighted by atomic mass is 9.83. The maximum Gasteiger partial charge on any atom is 0.0861 e. The molecule has 3 unspecified atom stereocenters. The molecule has 0 aliphatic carbocycles. The van der Waals surface area contributed by atoms with Gasteiger partial charge in [0.25, 0.3) is 0 Å². The van der Waals surface area contributed by atoms with Gasteiger partial charge in [0, 0.05) is 11.8 Å². The van der Waals surface area contributed by atoms with Gasteiger partial charge in [-0.3, -0.25) is 0 Å². The molecule has 4 heteroatoms. The first-order chi connectivity index (χ1) is 6.11. The number of ether oxygens (including phenoxy) is 1. The summed E-state index contributed by atoms with van der Waals surface area (Å²) in [6.45, 7) is 3.47. The van der Waals surface area contributed by atoms with Crippen molar-refractivity contribution in [3.8, 4) is 0 Å². The van der Waals surface area contributed by atoms with Crippen LogP contribution < -0.4 is 0 Å². The Bertz CT molecular complexity index is 142. The van der Waals surface area contributed by atoms with E-state index in [-0.39, 0.29) is 37.3 Å². The molecule has 1 heterocycles. The monoisotopic (exact) mass is 190 g/mol. The van der Waals surface area contributed by atoms with Crippen molar-refractivity contribution in [2.75, 3.05) is 13.2 Å². The molecule has 1 aliphatic heterocycles. The van der Waals surface area contributed by atoms with Gasteiger partial charge < -0.3 is 20.1 Å². The van der Waals surface area contributed by atoms with Crippen LogP contribution in [0.15, 0.2) is 0 Å². The smallest absolute Gasteiger partial charge is 0.0861 e. The Morgan fingerprint density at radius 3 is 1.69 bits per heavy atom. The SMILES string of the molecule is CC1C(O)[C@H](C)C(CO)O[C@H]1CO. The molecule has 1 aliphatic rings. The minimum Gasteiger partial charge on any atom is -0.394 e. The van der Waals surface area contributed by atoms with Gasteiger partial charge >= 0.3 is 0 Å². The molecular formula is C9H18O4. The van der Waals surface area contributed by atoms with Crippen molar-refractivity contribution in [1.82, 2.24) is 0 Å². The molecule has 4 nitrogen and oxygen atoms in total. The van der Waals surface area contributed by atoms with Crippen LogP contribution in [0, 0.1) is 11.8 Å². The molecule has 1 fully saturated rings. The van der Waals surface area contributed by atoms with Crippen molar-refractivity contribution in [2.24, 2.45) is 11.8 Å². The summed E-state index contributed by atoms with van der Waals surface area (Å²) in [5.41, 5.74) is 0. The van der Waals surface area contributed by atoms with Crippen LogP contribution in [0.1, 0.15) is 13.8 Å². The van der Waals surface area contributed by atoms with Gasteiger partial charge in [-0.25, -0.2) is 0 Å². The largest absolute Gasteiger partial charge is 0.394 e. The summed E-state index contributed by atoms with van der Waals surface area (Å²) in [4.78, 5) is 0. The van der Waals surface area contributed by atoms with E-state index < -0.39 is 6.10 Å². The lowest BCUT2D eigenvalue weighted by molar-refractivity contribution is -0.184. The third-order valence-electron chi connectivity index (χ3n) is 2.96. The summed E-state index contributed by atoms with van der Waals surface area (Å²) in [6.07, 6.45) is -1.23. The zero-order chi connectivity index (χ0) is 10.0. The Morgan fingerprint density at radius 1 is 1.00 bits per heavy atom. The maximum atomic E-state index is 9.75. The number of aliphatic hydroxyl groups is 3. The van der Waals surface area contributed by atoms with Crippen LogP contribution in [-0.2, 0) is 4.74 Å². The van der Waals surface area contributed by atoms with E-state index >= 15 is 0 Å². The number of hydrogen-bond acceptors (Lipinski definition) is 4. The van der Waals surface area contributed by atoms with Gasteiger partial charge in [0.2, 0.25) is 0 Å². The average molecular weight is 190 g/mol. The van der Waals surface area contributed by atoms with E-state index in [0.717, 1.165) is 0 Å². The molecule has 0 bridgehead atoms. The fraction of sp³-hybridized carbons (Fsp3) is 1.00. The molecule has 0 radical (unpaired) electrons. The van der Waals surface area contributed by atoms with Crippen molar-refractivity contribution < 1.29 is 20.1 Å². The first kappa shape index (κ1) is 10.9. The molecule has 0 aromatic rings. The summed E-state index contributed by atoms with van der Waals surface area (Å²) >= 11 is 0. The van der Waals surface area contributed by atoms with E-state index in [1.54, 1.807) is 0 Å². The summed E-state index contributed by atoms with van der Waals surface area (Å²) < 4.78 is 5.42. The quantitative estimate of drug-likeness (QED) is 0.542. The topological polar surface area (TPSA) is 69.9 Å². The highest BCUT2D eigenvalue weighted by Crippen LogP contribution is 2.29. The van der Waals surface area contributed by atoms with Crippen molar-refractivity contribution in [2.45, 2.75) is 32.2 Å². The lowest BCUT2D eigenvalue weighted by Gasteiger charge is -2.41. The molecule has 1 saturated heterocycles. The number of hydrogen-bond donors (Lipinski definition) is 3. The van der Waals surface area contributed by atoms with Gasteiger partial charge in [-0.05, 0) is 0 Å². The van der Waals surface area contributed by atoms with Gasteiger partial charge in [-0.15, -0.1) is 0 Å². The predicted molar refractivity (Wildman–Crippen MR) is 47.2 cm³/mol. The van der Waals surface area contributed by atoms with Crippen LogP contribution in [0.2, 0.25) is 0 Å². The summed E-state index contributed by atoms with van der Waals surface area (Å²) in [6, 6.07) is 0. The first-order valence-electron chi connectivity index (χ1n) is 4.67. The third kappa shape index (κ3) is 2.02. The second kappa shape index (κ2) is 4.37. The van der Waals surface area contributed by atoms with Gasteiger partial charge in [-0.1, -0.05) is 13.8 Å². The van der Waals surface area contributed by atoms with E-state index in [0.29, 0.717) is 0 Å². The highest BCUT2D eigenvalue weighted by molar-refractivity contribution is 4.87. The van der Waals surface area contributed by atoms with Crippen LogP contribution in [0.5, 0.6) is 0 Å². The molecule has 13 heavy (non-hydrogen) atoms. The van der Waals surface area contributed by atoms with Crippen LogP contribution >= 0.6 is 0 Å². The van der Waals surface area contributed by atoms with E-state index in [9.17, 15) is 5.11 Å². The van der Waals surface area contributed by atoms with Crippen molar-refractivity contribution in [1.29, 1.82) is 0 Å². The summed E-state index contributed by atoms with van der Waals surface area (Å²) in [5, 5.41) is 27.7. The predicted octanol–water partition coefficient (Wildman–Crippen LogP) is -0.629. The molecule has 0 aromatic heterocycles. The normalized spacial score (nSPS) is 46.4. The molecule has 5 atom stereocenters. The Kier molecular flexibility index (Phi) is 3.67. The van der Waals surface area contributed by atoms with Crippen molar-refractivity contribution in [3.05, 3.63) is 0 Å². The van der Waals surface area contributed by atoms with E-state index in [4.69, 9.17) is 14.9 Å². The Labute approximate surface area is 78.1 Å². The van der Waals surface area contributed by atoms with Gasteiger partial charge in [0.15, 0.2) is 0 Å². The zero-order valence-electron chi connectivity index (χ0n) is 8.05. The Morgan fingerprint density at radius 2 is 1.38 bits per heavy atom. The average Bonchev–Trinajstić information content (AvgIpc) is 2.15. The fourth-order valence-electron chi connectivity index (χ4n) is 1.81. The van der Waals surface area contributed by atoms with E-state index in [1.807, 2.05) is 13.8 Å². The molecule has 78 valence electrons. The molecule has 0 spiro atoms. The zero-order valence-corrected chi connectivity index (χ0v) is 8.05. The highest BCUT2D eigenvalue weighted by atomic mass is 16.5. The Balaban J connectivity index is 2.66. The van der Waals surface area contributed by atoms with E-state index in [1.165, 1.54) is 0 Å². The van der Waals surface area contributed by atoms with Gasteiger partial charge in [0.05, 0.1) is 31.5 Å². The van der Waals surface area contributed by atoms with E-state index in [2.05, 4.69) is 0 Å². The van der Waals surface area contributed by atoms with Gasteiger partial charge in [-0.2, -0.15) is 0 Å². The minimum atomic E-state index is -0.511. The molecule has 1 rings (SSSR count). The summed E-state index contributed by atoms with van der Waals surface area (Å²) in [5.74, 6) is -0.161. The van der Waals surface area contributed by atoms with Crippen molar-refractivity contribution in [3.63, 3.8) is 0 Å². The lowest BCUT2D eigenvalue weighted by Crippen LogP contribution is -2.51. The highest BCUT2D eigenvalue weighted by Gasteiger charge is 2.39. The first-order valence-corrected chi connectivity index (χ1v) is 4.67. The summed E-state index contributed by atoms with van der Waals surface area (Å²) in [7, 11) is 0. The molecule has 3 N–H and O–H groups in total. The van der Waals surface area contributed by atoms with Crippen LogP contribution in [0.25, 0.3) is 0 Å². The molecule has 0 aromatic carbocycles. The number of aliphatic hydroxyl groups excluding tert-OH is 3. The Hall–Kier alpha value is -0.160. The maximum absolute atomic E-state index is 9.75. The number of rotatable bonds is 2.